The number of aromatic nitrogens is 1. The Bertz CT molecular complexity index is 662. The van der Waals surface area contributed by atoms with E-state index in [0.29, 0.717) is 5.69 Å². The van der Waals surface area contributed by atoms with E-state index in [-0.39, 0.29) is 17.9 Å². The van der Waals surface area contributed by atoms with E-state index in [2.05, 4.69) is 15.6 Å². The minimum Gasteiger partial charge on any atom is -0.477 e. The lowest BCUT2D eigenvalue weighted by molar-refractivity contribution is -0.133. The van der Waals surface area contributed by atoms with Gasteiger partial charge in [-0.15, -0.1) is 0 Å². The van der Waals surface area contributed by atoms with Gasteiger partial charge in [0.1, 0.15) is 17.0 Å². The molecule has 0 radical (unpaired) electrons. The highest BCUT2D eigenvalue weighted by Gasteiger charge is 2.17. The minimum absolute atomic E-state index is 0.0408. The number of hydrogen-bond donors (Lipinski definition) is 3. The lowest BCUT2D eigenvalue weighted by Crippen LogP contribution is -2.32. The molecule has 0 saturated heterocycles. The molecule has 2 amide bonds. The van der Waals surface area contributed by atoms with Crippen LogP contribution < -0.4 is 10.6 Å². The summed E-state index contributed by atoms with van der Waals surface area (Å²) in [6.45, 7) is 6.81. The molecule has 0 aliphatic rings. The molecular formula is C16H21N3O5. The number of carboxylic acid groups (broad SMARTS) is 1. The van der Waals surface area contributed by atoms with Gasteiger partial charge >= 0.3 is 12.1 Å². The van der Waals surface area contributed by atoms with Crippen molar-refractivity contribution in [3.05, 3.63) is 41.4 Å². The number of pyridine rings is 1. The number of alkyl carbamates (subject to hydrolysis) is 1. The Hall–Kier alpha value is -2.90. The Morgan fingerprint density at radius 2 is 1.96 bits per heavy atom. The summed E-state index contributed by atoms with van der Waals surface area (Å²) in [5.74, 6) is -1.89. The van der Waals surface area contributed by atoms with Crippen LogP contribution in [0, 0.1) is 0 Å². The molecule has 8 nitrogen and oxygen atoms in total. The van der Waals surface area contributed by atoms with Crippen LogP contribution in [0.25, 0.3) is 0 Å². The van der Waals surface area contributed by atoms with Gasteiger partial charge in [0.15, 0.2) is 0 Å². The molecule has 0 fully saturated rings. The van der Waals surface area contributed by atoms with Gasteiger partial charge in [0, 0.05) is 0 Å². The molecule has 0 atom stereocenters. The van der Waals surface area contributed by atoms with Crippen LogP contribution in [0.5, 0.6) is 0 Å². The summed E-state index contributed by atoms with van der Waals surface area (Å²) in [5, 5.41) is 13.7. The van der Waals surface area contributed by atoms with Gasteiger partial charge in [-0.25, -0.2) is 14.6 Å². The molecule has 0 aliphatic carbocycles. The van der Waals surface area contributed by atoms with Crippen LogP contribution in [-0.2, 0) is 16.1 Å². The summed E-state index contributed by atoms with van der Waals surface area (Å²) in [7, 11) is 0. The molecule has 1 heterocycles. The fourth-order valence-corrected chi connectivity index (χ4v) is 1.62. The SMILES string of the molecule is C/C=C(\NC(=O)c1cccc(CNC(=O)OC(C)(C)C)n1)C(=O)O. The van der Waals surface area contributed by atoms with Crippen molar-refractivity contribution in [2.24, 2.45) is 0 Å². The predicted octanol–water partition coefficient (Wildman–Crippen LogP) is 1.82. The zero-order valence-electron chi connectivity index (χ0n) is 14.0. The van der Waals surface area contributed by atoms with E-state index < -0.39 is 23.6 Å². The molecule has 0 bridgehead atoms. The summed E-state index contributed by atoms with van der Waals surface area (Å²) in [6, 6.07) is 4.66. The fraction of sp³-hybridized carbons (Fsp3) is 0.375. The lowest BCUT2D eigenvalue weighted by atomic mass is 10.2. The number of carbonyl (C=O) groups is 3. The Morgan fingerprint density at radius 1 is 1.29 bits per heavy atom. The maximum atomic E-state index is 12.0. The minimum atomic E-state index is -1.24. The maximum Gasteiger partial charge on any atom is 0.407 e. The Labute approximate surface area is 139 Å². The highest BCUT2D eigenvalue weighted by molar-refractivity contribution is 5.99. The predicted molar refractivity (Wildman–Crippen MR) is 86.2 cm³/mol. The van der Waals surface area contributed by atoms with Crippen molar-refractivity contribution < 1.29 is 24.2 Å². The standard InChI is InChI=1S/C16H21N3O5/c1-5-11(14(21)22)19-13(20)12-8-6-7-10(18-12)9-17-15(23)24-16(2,3)4/h5-8H,9H2,1-4H3,(H,17,23)(H,19,20)(H,21,22)/b11-5-. The van der Waals surface area contributed by atoms with Gasteiger partial charge in [0.25, 0.3) is 5.91 Å². The van der Waals surface area contributed by atoms with Crippen molar-refractivity contribution in [3.8, 4) is 0 Å². The third-order valence-electron chi connectivity index (χ3n) is 2.62. The van der Waals surface area contributed by atoms with Gasteiger partial charge < -0.3 is 20.5 Å². The number of allylic oxidation sites excluding steroid dienone is 1. The summed E-state index contributed by atoms with van der Waals surface area (Å²) in [6.07, 6.45) is 0.676. The van der Waals surface area contributed by atoms with Gasteiger partial charge in [-0.1, -0.05) is 12.1 Å². The van der Waals surface area contributed by atoms with Crippen molar-refractivity contribution in [1.82, 2.24) is 15.6 Å². The van der Waals surface area contributed by atoms with Crippen molar-refractivity contribution in [2.45, 2.75) is 39.8 Å². The fourth-order valence-electron chi connectivity index (χ4n) is 1.62. The molecule has 130 valence electrons. The van der Waals surface area contributed by atoms with E-state index in [9.17, 15) is 14.4 Å². The first-order chi connectivity index (χ1) is 11.1. The van der Waals surface area contributed by atoms with E-state index in [0.717, 1.165) is 0 Å². The van der Waals surface area contributed by atoms with Crippen LogP contribution in [0.1, 0.15) is 43.9 Å². The number of hydrogen-bond acceptors (Lipinski definition) is 5. The summed E-state index contributed by atoms with van der Waals surface area (Å²) in [4.78, 5) is 38.6. The number of ether oxygens (including phenoxy) is 1. The van der Waals surface area contributed by atoms with Crippen LogP contribution in [0.4, 0.5) is 4.79 Å². The number of aliphatic carboxylic acids is 1. The molecule has 0 unspecified atom stereocenters. The number of nitrogens with zero attached hydrogens (tertiary/aromatic N) is 1. The quantitative estimate of drug-likeness (QED) is 0.707. The molecule has 0 aromatic carbocycles. The van der Waals surface area contributed by atoms with Crippen molar-refractivity contribution in [1.29, 1.82) is 0 Å². The molecule has 0 saturated carbocycles. The first-order valence-corrected chi connectivity index (χ1v) is 7.26. The number of carboxylic acids is 1. The number of carbonyl (C=O) groups excluding carboxylic acids is 2. The average Bonchev–Trinajstić information content (AvgIpc) is 2.48. The van der Waals surface area contributed by atoms with Crippen LogP contribution >= 0.6 is 0 Å². The van der Waals surface area contributed by atoms with Crippen molar-refractivity contribution in [3.63, 3.8) is 0 Å². The number of nitrogens with one attached hydrogen (secondary N) is 2. The van der Waals surface area contributed by atoms with Crippen LogP contribution in [0.2, 0.25) is 0 Å². The molecule has 3 N–H and O–H groups in total. The zero-order valence-corrected chi connectivity index (χ0v) is 14.0. The summed E-state index contributed by atoms with van der Waals surface area (Å²) >= 11 is 0. The second-order valence-corrected chi connectivity index (χ2v) is 5.83. The molecule has 0 spiro atoms. The monoisotopic (exact) mass is 335 g/mol. The van der Waals surface area contributed by atoms with Gasteiger partial charge in [-0.3, -0.25) is 4.79 Å². The zero-order chi connectivity index (χ0) is 18.3. The van der Waals surface area contributed by atoms with Gasteiger partial charge in [-0.2, -0.15) is 0 Å². The maximum absolute atomic E-state index is 12.0. The third kappa shape index (κ3) is 6.47. The molecular weight excluding hydrogens is 314 g/mol. The third-order valence-corrected chi connectivity index (χ3v) is 2.62. The highest BCUT2D eigenvalue weighted by Crippen LogP contribution is 2.07. The Balaban J connectivity index is 2.71. The first kappa shape index (κ1) is 19.1. The van der Waals surface area contributed by atoms with Crippen LogP contribution in [0.3, 0.4) is 0 Å². The lowest BCUT2D eigenvalue weighted by Gasteiger charge is -2.19. The second kappa shape index (κ2) is 8.09. The number of rotatable bonds is 5. The molecule has 24 heavy (non-hydrogen) atoms. The average molecular weight is 335 g/mol. The van der Waals surface area contributed by atoms with Crippen LogP contribution in [0.15, 0.2) is 30.0 Å². The van der Waals surface area contributed by atoms with E-state index in [4.69, 9.17) is 9.84 Å². The van der Waals surface area contributed by atoms with Crippen molar-refractivity contribution >= 4 is 18.0 Å². The molecule has 0 aliphatic heterocycles. The van der Waals surface area contributed by atoms with E-state index >= 15 is 0 Å². The smallest absolute Gasteiger partial charge is 0.407 e. The van der Waals surface area contributed by atoms with Crippen LogP contribution in [-0.4, -0.2) is 33.7 Å². The van der Waals surface area contributed by atoms with Gasteiger partial charge in [0.05, 0.1) is 12.2 Å². The summed E-state index contributed by atoms with van der Waals surface area (Å²) < 4.78 is 5.10. The second-order valence-electron chi connectivity index (χ2n) is 5.83. The Morgan fingerprint density at radius 3 is 2.50 bits per heavy atom. The normalized spacial score (nSPS) is 11.6. The first-order valence-electron chi connectivity index (χ1n) is 7.26. The van der Waals surface area contributed by atoms with E-state index in [1.807, 2.05) is 0 Å². The molecule has 1 aromatic heterocycles. The summed E-state index contributed by atoms with van der Waals surface area (Å²) in [5.41, 5.74) is -0.372. The Kier molecular flexibility index (Phi) is 6.46. The van der Waals surface area contributed by atoms with E-state index in [1.165, 1.54) is 19.1 Å². The molecule has 1 rings (SSSR count). The van der Waals surface area contributed by atoms with Gasteiger partial charge in [-0.05, 0) is 39.8 Å². The largest absolute Gasteiger partial charge is 0.477 e. The number of amides is 2. The molecule has 1 aromatic rings. The van der Waals surface area contributed by atoms with Gasteiger partial charge in [0.2, 0.25) is 0 Å². The highest BCUT2D eigenvalue weighted by atomic mass is 16.6. The van der Waals surface area contributed by atoms with Crippen molar-refractivity contribution in [2.75, 3.05) is 0 Å². The van der Waals surface area contributed by atoms with E-state index in [1.54, 1.807) is 32.9 Å². The molecule has 8 heteroatoms. The topological polar surface area (TPSA) is 118 Å².